The number of aromatic amines is 1. The highest BCUT2D eigenvalue weighted by molar-refractivity contribution is 6.10. The van der Waals surface area contributed by atoms with Crippen LogP contribution in [0.4, 0.5) is 0 Å². The third-order valence-corrected chi connectivity index (χ3v) is 7.03. The molecule has 2 heterocycles. The second kappa shape index (κ2) is 13.4. The van der Waals surface area contributed by atoms with Gasteiger partial charge in [0.15, 0.2) is 23.9 Å². The quantitative estimate of drug-likeness (QED) is 0.127. The lowest BCUT2D eigenvalue weighted by atomic mass is 9.99. The number of benzene rings is 3. The van der Waals surface area contributed by atoms with Gasteiger partial charge in [0.25, 0.3) is 0 Å². The molecule has 1 aromatic heterocycles. The number of nitrogens with one attached hydrogen (secondary N) is 2. The molecule has 12 nitrogen and oxygen atoms in total. The van der Waals surface area contributed by atoms with E-state index in [4.69, 9.17) is 23.7 Å². The Balaban J connectivity index is 1.28. The number of methoxy groups -OCH3 is 1. The summed E-state index contributed by atoms with van der Waals surface area (Å²) in [5, 5.41) is 45.3. The molecule has 0 aliphatic carbocycles. The van der Waals surface area contributed by atoms with Crippen LogP contribution >= 0.6 is 0 Å². The van der Waals surface area contributed by atoms with Crippen LogP contribution in [0.1, 0.15) is 0 Å². The van der Waals surface area contributed by atoms with Crippen molar-refractivity contribution in [3.05, 3.63) is 66.7 Å². The van der Waals surface area contributed by atoms with E-state index in [-0.39, 0.29) is 13.2 Å². The molecule has 1 aliphatic rings. The van der Waals surface area contributed by atoms with Gasteiger partial charge < -0.3 is 54.4 Å². The van der Waals surface area contributed by atoms with Gasteiger partial charge in [0, 0.05) is 29.4 Å². The molecule has 0 saturated carbocycles. The van der Waals surface area contributed by atoms with Gasteiger partial charge in [-0.25, -0.2) is 4.79 Å². The van der Waals surface area contributed by atoms with E-state index in [2.05, 4.69) is 10.3 Å². The summed E-state index contributed by atoms with van der Waals surface area (Å²) in [7, 11) is 1.56. The van der Waals surface area contributed by atoms with Gasteiger partial charge in [0.05, 0.1) is 12.6 Å². The molecule has 1 fully saturated rings. The van der Waals surface area contributed by atoms with Crippen LogP contribution in [0.3, 0.4) is 0 Å². The Bertz CT molecular complexity index is 1490. The average molecular weight is 583 g/mol. The van der Waals surface area contributed by atoms with Crippen LogP contribution in [0.5, 0.6) is 17.2 Å². The second-order valence-corrected chi connectivity index (χ2v) is 9.86. The molecule has 1 saturated heterocycles. The van der Waals surface area contributed by atoms with E-state index in [0.29, 0.717) is 30.4 Å². The third kappa shape index (κ3) is 6.44. The summed E-state index contributed by atoms with van der Waals surface area (Å²) in [6.07, 6.45) is -9.38. The fraction of sp³-hybridized carbons (Fsp3) is 0.367. The van der Waals surface area contributed by atoms with Gasteiger partial charge in [-0.05, 0) is 30.3 Å². The summed E-state index contributed by atoms with van der Waals surface area (Å²) in [5.41, 5.74) is 1.85. The number of H-pyrrole nitrogens is 1. The minimum absolute atomic E-state index is 0.0120. The van der Waals surface area contributed by atoms with Crippen LogP contribution in [-0.2, 0) is 14.3 Å². The number of carboxylic acids is 1. The van der Waals surface area contributed by atoms with Gasteiger partial charge in [-0.15, -0.1) is 0 Å². The summed E-state index contributed by atoms with van der Waals surface area (Å²) in [6, 6.07) is 20.8. The molecule has 6 atom stereocenters. The van der Waals surface area contributed by atoms with Crippen LogP contribution in [0.15, 0.2) is 66.7 Å². The number of hydrogen-bond acceptors (Lipinski definition) is 10. The van der Waals surface area contributed by atoms with Crippen molar-refractivity contribution in [3.63, 3.8) is 0 Å². The fourth-order valence-corrected chi connectivity index (χ4v) is 4.91. The number of aromatic nitrogens is 1. The normalized spacial score (nSPS) is 23.1. The lowest BCUT2D eigenvalue weighted by Crippen LogP contribution is -2.61. The third-order valence-electron chi connectivity index (χ3n) is 7.03. The Morgan fingerprint density at radius 1 is 0.905 bits per heavy atom. The summed E-state index contributed by atoms with van der Waals surface area (Å²) in [6.45, 7) is 0.893. The zero-order valence-corrected chi connectivity index (χ0v) is 22.9. The number of carboxylic acid groups (broad SMARTS) is 1. The van der Waals surface area contributed by atoms with Crippen LogP contribution in [0.2, 0.25) is 0 Å². The molecule has 0 radical (unpaired) electrons. The fourth-order valence-electron chi connectivity index (χ4n) is 4.91. The smallest absolute Gasteiger partial charge is 0.335 e. The van der Waals surface area contributed by atoms with Crippen LogP contribution < -0.4 is 19.5 Å². The highest BCUT2D eigenvalue weighted by Crippen LogP contribution is 2.33. The van der Waals surface area contributed by atoms with E-state index in [1.165, 1.54) is 0 Å². The number of ether oxygens (including phenoxy) is 5. The Kier molecular flexibility index (Phi) is 9.42. The van der Waals surface area contributed by atoms with Crippen molar-refractivity contribution in [1.29, 1.82) is 0 Å². The Morgan fingerprint density at radius 3 is 2.40 bits per heavy atom. The first-order chi connectivity index (χ1) is 20.4. The van der Waals surface area contributed by atoms with Crippen molar-refractivity contribution in [3.8, 4) is 17.2 Å². The van der Waals surface area contributed by atoms with Gasteiger partial charge in [0.1, 0.15) is 43.4 Å². The van der Waals surface area contributed by atoms with Crippen LogP contribution in [0, 0.1) is 0 Å². The molecular formula is C30H34N2O10. The zero-order valence-electron chi connectivity index (χ0n) is 22.9. The predicted octanol–water partition coefficient (Wildman–Crippen LogP) is 1.65. The van der Waals surface area contributed by atoms with Gasteiger partial charge in [-0.2, -0.15) is 0 Å². The van der Waals surface area contributed by atoms with Crippen molar-refractivity contribution in [1.82, 2.24) is 10.3 Å². The standard InChI is InChI=1S/C30H34N2O10/c1-38-21-10-4-5-11-22(21)39-14-13-31-15-17(41-30-27(35)25(33)26(34)28(42-30)29(36)37)16-40-23-12-6-9-20-24(23)18-7-2-3-8-19(18)32-20/h2-12,17,25-28,30-35H,13-16H2,1H3,(H,36,37). The molecular weight excluding hydrogens is 548 g/mol. The molecule has 42 heavy (non-hydrogen) atoms. The number of hydrogen-bond donors (Lipinski definition) is 6. The molecule has 1 aliphatic heterocycles. The average Bonchev–Trinajstić information content (AvgIpc) is 3.39. The SMILES string of the molecule is COc1ccccc1OCCNCC(COc1cccc2[nH]c3ccccc3c12)OC1OC(C(=O)O)C(O)C(O)C1O. The minimum Gasteiger partial charge on any atom is -0.493 e. The molecule has 0 bridgehead atoms. The highest BCUT2D eigenvalue weighted by atomic mass is 16.7. The number of fused-ring (bicyclic) bond motifs is 3. The van der Waals surface area contributed by atoms with E-state index < -0.39 is 42.8 Å². The van der Waals surface area contributed by atoms with Gasteiger partial charge >= 0.3 is 5.97 Å². The molecule has 12 heteroatoms. The molecule has 6 N–H and O–H groups in total. The number of aliphatic hydroxyl groups is 3. The second-order valence-electron chi connectivity index (χ2n) is 9.86. The van der Waals surface area contributed by atoms with E-state index in [9.17, 15) is 25.2 Å². The van der Waals surface area contributed by atoms with Crippen molar-refractivity contribution in [2.75, 3.05) is 33.4 Å². The topological polar surface area (TPSA) is 172 Å². The van der Waals surface area contributed by atoms with Crippen LogP contribution in [-0.4, -0.2) is 102 Å². The molecule has 224 valence electrons. The highest BCUT2D eigenvalue weighted by Gasteiger charge is 2.48. The maximum Gasteiger partial charge on any atom is 0.335 e. The summed E-state index contributed by atoms with van der Waals surface area (Å²) in [4.78, 5) is 14.9. The van der Waals surface area contributed by atoms with E-state index in [1.54, 1.807) is 19.2 Å². The minimum atomic E-state index is -1.82. The van der Waals surface area contributed by atoms with Crippen molar-refractivity contribution in [2.24, 2.45) is 0 Å². The van der Waals surface area contributed by atoms with Gasteiger partial charge in [-0.1, -0.05) is 36.4 Å². The predicted molar refractivity (Wildman–Crippen MR) is 152 cm³/mol. The maximum atomic E-state index is 11.6. The molecule has 6 unspecified atom stereocenters. The summed E-state index contributed by atoms with van der Waals surface area (Å²) in [5.74, 6) is 0.306. The number of para-hydroxylation sites is 3. The van der Waals surface area contributed by atoms with Gasteiger partial charge in [0.2, 0.25) is 0 Å². The molecule has 5 rings (SSSR count). The van der Waals surface area contributed by atoms with Gasteiger partial charge in [-0.3, -0.25) is 0 Å². The molecule has 3 aromatic carbocycles. The van der Waals surface area contributed by atoms with Crippen molar-refractivity contribution in [2.45, 2.75) is 36.8 Å². The van der Waals surface area contributed by atoms with E-state index in [1.807, 2.05) is 54.6 Å². The first-order valence-corrected chi connectivity index (χ1v) is 13.5. The lowest BCUT2D eigenvalue weighted by Gasteiger charge is -2.39. The number of rotatable bonds is 13. The molecule has 4 aromatic rings. The van der Waals surface area contributed by atoms with Crippen LogP contribution in [0.25, 0.3) is 21.8 Å². The number of aliphatic hydroxyl groups excluding tert-OH is 3. The zero-order chi connectivity index (χ0) is 29.6. The Hall–Kier alpha value is -3.91. The first kappa shape index (κ1) is 29.6. The monoisotopic (exact) mass is 582 g/mol. The Labute approximate surface area is 241 Å². The van der Waals surface area contributed by atoms with Crippen molar-refractivity contribution >= 4 is 27.8 Å². The Morgan fingerprint density at radius 2 is 1.62 bits per heavy atom. The van der Waals surface area contributed by atoms with Crippen molar-refractivity contribution < 1.29 is 48.9 Å². The number of carbonyl (C=O) groups is 1. The first-order valence-electron chi connectivity index (χ1n) is 13.5. The maximum absolute atomic E-state index is 11.6. The van der Waals surface area contributed by atoms with E-state index in [0.717, 1.165) is 21.8 Å². The number of aliphatic carboxylic acids is 1. The van der Waals surface area contributed by atoms with E-state index >= 15 is 0 Å². The molecule has 0 spiro atoms. The summed E-state index contributed by atoms with van der Waals surface area (Å²) >= 11 is 0. The summed E-state index contributed by atoms with van der Waals surface area (Å²) < 4.78 is 28.6. The lowest BCUT2D eigenvalue weighted by molar-refractivity contribution is -0.305. The largest absolute Gasteiger partial charge is 0.493 e. The molecule has 0 amide bonds.